The Labute approximate surface area is 97.9 Å². The highest BCUT2D eigenvalue weighted by Crippen LogP contribution is 2.10. The van der Waals surface area contributed by atoms with Crippen LogP contribution in [-0.4, -0.2) is 16.8 Å². The van der Waals surface area contributed by atoms with Crippen LogP contribution in [0.4, 0.5) is 0 Å². The molecular weight excluding hydrogens is 200 g/mol. The van der Waals surface area contributed by atoms with Gasteiger partial charge in [0.2, 0.25) is 0 Å². The fraction of sp³-hybridized carbons (Fsp3) is 0.571. The molecule has 1 aromatic rings. The fourth-order valence-electron chi connectivity index (χ4n) is 1.78. The number of aliphatic hydroxyl groups excluding tert-OH is 2. The first-order valence-corrected chi connectivity index (χ1v) is 6.16. The van der Waals surface area contributed by atoms with Crippen molar-refractivity contribution in [2.24, 2.45) is 0 Å². The largest absolute Gasteiger partial charge is 0.396 e. The fourth-order valence-corrected chi connectivity index (χ4v) is 1.78. The summed E-state index contributed by atoms with van der Waals surface area (Å²) in [7, 11) is 0. The minimum absolute atomic E-state index is 0.126. The molecule has 0 aliphatic rings. The molecule has 0 aliphatic carbocycles. The molecule has 0 saturated carbocycles. The predicted molar refractivity (Wildman–Crippen MR) is 66.2 cm³/mol. The normalized spacial score (nSPS) is 10.6. The van der Waals surface area contributed by atoms with Crippen LogP contribution < -0.4 is 0 Å². The minimum atomic E-state index is 0.126. The number of hydrogen-bond donors (Lipinski definition) is 2. The van der Waals surface area contributed by atoms with E-state index in [0.29, 0.717) is 6.61 Å². The van der Waals surface area contributed by atoms with Crippen LogP contribution in [0.25, 0.3) is 0 Å². The Balaban J connectivity index is 2.12. The first-order chi connectivity index (χ1) is 7.86. The van der Waals surface area contributed by atoms with Gasteiger partial charge in [-0.2, -0.15) is 0 Å². The summed E-state index contributed by atoms with van der Waals surface area (Å²) in [5.74, 6) is 0. The molecule has 0 aliphatic heterocycles. The average Bonchev–Trinajstić information content (AvgIpc) is 2.34. The number of aliphatic hydroxyl groups is 2. The maximum Gasteiger partial charge on any atom is 0.0681 e. The molecule has 0 fully saturated rings. The van der Waals surface area contributed by atoms with Gasteiger partial charge in [-0.05, 0) is 30.4 Å². The molecule has 2 nitrogen and oxygen atoms in total. The van der Waals surface area contributed by atoms with E-state index >= 15 is 0 Å². The predicted octanol–water partition coefficient (Wildman–Crippen LogP) is 2.66. The summed E-state index contributed by atoms with van der Waals surface area (Å²) < 4.78 is 0. The van der Waals surface area contributed by atoms with Crippen LogP contribution in [0.5, 0.6) is 0 Å². The molecule has 0 aromatic heterocycles. The lowest BCUT2D eigenvalue weighted by molar-refractivity contribution is 0.281. The Kier molecular flexibility index (Phi) is 6.86. The second-order valence-electron chi connectivity index (χ2n) is 4.22. The Bertz CT molecular complexity index is 267. The molecule has 0 heterocycles. The highest BCUT2D eigenvalue weighted by atomic mass is 16.3. The molecule has 2 N–H and O–H groups in total. The highest BCUT2D eigenvalue weighted by Gasteiger charge is 1.95. The molecule has 0 bridgehead atoms. The van der Waals surface area contributed by atoms with Gasteiger partial charge in [0.1, 0.15) is 0 Å². The van der Waals surface area contributed by atoms with Crippen molar-refractivity contribution in [1.82, 2.24) is 0 Å². The van der Waals surface area contributed by atoms with Gasteiger partial charge in [-0.25, -0.2) is 0 Å². The maximum absolute atomic E-state index is 8.90. The monoisotopic (exact) mass is 222 g/mol. The summed E-state index contributed by atoms with van der Waals surface area (Å²) >= 11 is 0. The SMILES string of the molecule is OCCCCCCCc1ccc(CO)cc1. The number of aryl methyl sites for hydroxylation is 1. The molecule has 1 aromatic carbocycles. The quantitative estimate of drug-likeness (QED) is 0.664. The van der Waals surface area contributed by atoms with Crippen molar-refractivity contribution in [2.75, 3.05) is 6.61 Å². The number of unbranched alkanes of at least 4 members (excludes halogenated alkanes) is 4. The second-order valence-corrected chi connectivity index (χ2v) is 4.22. The molecule has 0 unspecified atom stereocenters. The van der Waals surface area contributed by atoms with Gasteiger partial charge in [0, 0.05) is 6.61 Å². The van der Waals surface area contributed by atoms with Gasteiger partial charge in [-0.1, -0.05) is 43.5 Å². The molecule has 0 atom stereocenters. The van der Waals surface area contributed by atoms with Gasteiger partial charge in [0.05, 0.1) is 6.61 Å². The zero-order valence-electron chi connectivity index (χ0n) is 9.86. The van der Waals surface area contributed by atoms with Crippen LogP contribution in [-0.2, 0) is 13.0 Å². The summed E-state index contributed by atoms with van der Waals surface area (Å²) in [6.07, 6.45) is 6.86. The van der Waals surface area contributed by atoms with Crippen molar-refractivity contribution in [3.05, 3.63) is 35.4 Å². The molecule has 0 saturated heterocycles. The summed E-state index contributed by atoms with van der Waals surface area (Å²) in [6.45, 7) is 0.448. The summed E-state index contributed by atoms with van der Waals surface area (Å²) in [5, 5.41) is 17.5. The van der Waals surface area contributed by atoms with Crippen molar-refractivity contribution in [3.63, 3.8) is 0 Å². The zero-order valence-corrected chi connectivity index (χ0v) is 9.86. The van der Waals surface area contributed by atoms with Gasteiger partial charge in [0.25, 0.3) is 0 Å². The Morgan fingerprint density at radius 3 is 1.88 bits per heavy atom. The van der Waals surface area contributed by atoms with Crippen LogP contribution in [0.2, 0.25) is 0 Å². The molecule has 0 radical (unpaired) electrons. The highest BCUT2D eigenvalue weighted by molar-refractivity contribution is 5.21. The molecule has 1 rings (SSSR count). The first kappa shape index (κ1) is 13.2. The number of benzene rings is 1. The molecular formula is C14H22O2. The first-order valence-electron chi connectivity index (χ1n) is 6.16. The summed E-state index contributed by atoms with van der Waals surface area (Å²) in [5.41, 5.74) is 2.33. The van der Waals surface area contributed by atoms with E-state index in [1.165, 1.54) is 24.8 Å². The van der Waals surface area contributed by atoms with E-state index in [0.717, 1.165) is 24.8 Å². The van der Waals surface area contributed by atoms with Gasteiger partial charge in [-0.15, -0.1) is 0 Å². The van der Waals surface area contributed by atoms with Crippen molar-refractivity contribution in [3.8, 4) is 0 Å². The van der Waals surface area contributed by atoms with E-state index in [4.69, 9.17) is 10.2 Å². The van der Waals surface area contributed by atoms with E-state index < -0.39 is 0 Å². The Morgan fingerprint density at radius 2 is 1.25 bits per heavy atom. The van der Waals surface area contributed by atoms with Crippen molar-refractivity contribution in [2.45, 2.75) is 45.1 Å². The molecule has 0 amide bonds. The van der Waals surface area contributed by atoms with Gasteiger partial charge >= 0.3 is 0 Å². The standard InChI is InChI=1S/C14H22O2/c15-11-5-3-1-2-4-6-13-7-9-14(12-16)10-8-13/h7-10,15-16H,1-6,11-12H2. The third kappa shape index (κ3) is 5.29. The van der Waals surface area contributed by atoms with Crippen molar-refractivity contribution in [1.29, 1.82) is 0 Å². The third-order valence-electron chi connectivity index (χ3n) is 2.83. The van der Waals surface area contributed by atoms with Crippen LogP contribution in [0.3, 0.4) is 0 Å². The van der Waals surface area contributed by atoms with Gasteiger partial charge < -0.3 is 10.2 Å². The maximum atomic E-state index is 8.90. The average molecular weight is 222 g/mol. The smallest absolute Gasteiger partial charge is 0.0681 e. The van der Waals surface area contributed by atoms with E-state index in [9.17, 15) is 0 Å². The van der Waals surface area contributed by atoms with E-state index in [1.54, 1.807) is 0 Å². The van der Waals surface area contributed by atoms with Crippen LogP contribution in [0, 0.1) is 0 Å². The topological polar surface area (TPSA) is 40.5 Å². The third-order valence-corrected chi connectivity index (χ3v) is 2.83. The molecule has 90 valence electrons. The zero-order chi connectivity index (χ0) is 11.6. The number of rotatable bonds is 8. The summed E-state index contributed by atoms with van der Waals surface area (Å²) in [6, 6.07) is 8.17. The Morgan fingerprint density at radius 1 is 0.688 bits per heavy atom. The summed E-state index contributed by atoms with van der Waals surface area (Å²) in [4.78, 5) is 0. The van der Waals surface area contributed by atoms with Gasteiger partial charge in [0.15, 0.2) is 0 Å². The molecule has 16 heavy (non-hydrogen) atoms. The minimum Gasteiger partial charge on any atom is -0.396 e. The van der Waals surface area contributed by atoms with E-state index in [1.807, 2.05) is 12.1 Å². The lowest BCUT2D eigenvalue weighted by atomic mass is 10.0. The Hall–Kier alpha value is -0.860. The lowest BCUT2D eigenvalue weighted by Gasteiger charge is -2.03. The van der Waals surface area contributed by atoms with Crippen LogP contribution in [0.1, 0.15) is 43.2 Å². The molecule has 0 spiro atoms. The van der Waals surface area contributed by atoms with Crippen LogP contribution >= 0.6 is 0 Å². The van der Waals surface area contributed by atoms with Crippen LogP contribution in [0.15, 0.2) is 24.3 Å². The van der Waals surface area contributed by atoms with Crippen molar-refractivity contribution >= 4 is 0 Å². The molecule has 2 heteroatoms. The second kappa shape index (κ2) is 8.31. The van der Waals surface area contributed by atoms with Gasteiger partial charge in [-0.3, -0.25) is 0 Å². The van der Waals surface area contributed by atoms with Crippen molar-refractivity contribution < 1.29 is 10.2 Å². The van der Waals surface area contributed by atoms with E-state index in [2.05, 4.69) is 12.1 Å². The number of hydrogen-bond acceptors (Lipinski definition) is 2. The van der Waals surface area contributed by atoms with E-state index in [-0.39, 0.29) is 6.61 Å². The lowest BCUT2D eigenvalue weighted by Crippen LogP contribution is -1.89.